The molecule has 3 aromatic rings. The molecule has 2 N–H and O–H groups in total. The van der Waals surface area contributed by atoms with E-state index < -0.39 is 23.2 Å². The lowest BCUT2D eigenvalue weighted by atomic mass is 10.0. The average Bonchev–Trinajstić information content (AvgIpc) is 2.70. The first-order valence-electron chi connectivity index (χ1n) is 9.13. The first-order chi connectivity index (χ1) is 13.8. The molecule has 0 saturated carbocycles. The Morgan fingerprint density at radius 1 is 1.03 bits per heavy atom. The van der Waals surface area contributed by atoms with E-state index in [1.807, 2.05) is 0 Å². The molecule has 0 aliphatic rings. The molecule has 1 amide bonds. The number of hydrogen-bond donors (Lipinski definition) is 2. The number of methoxy groups -OCH3 is 2. The summed E-state index contributed by atoms with van der Waals surface area (Å²) in [6, 6.07) is 10.6. The van der Waals surface area contributed by atoms with Crippen LogP contribution in [0.3, 0.4) is 0 Å². The predicted molar refractivity (Wildman–Crippen MR) is 111 cm³/mol. The number of H-pyrrole nitrogens is 1. The third-order valence-corrected chi connectivity index (χ3v) is 4.63. The molecule has 0 fully saturated rings. The Morgan fingerprint density at radius 2 is 1.66 bits per heavy atom. The molecule has 29 heavy (non-hydrogen) atoms. The fourth-order valence-corrected chi connectivity index (χ4v) is 3.24. The highest BCUT2D eigenvalue weighted by Crippen LogP contribution is 2.27. The number of rotatable bonds is 6. The van der Waals surface area contributed by atoms with E-state index in [-0.39, 0.29) is 5.92 Å². The van der Waals surface area contributed by atoms with Gasteiger partial charge >= 0.3 is 5.69 Å². The van der Waals surface area contributed by atoms with Gasteiger partial charge in [0.25, 0.3) is 5.56 Å². The minimum absolute atomic E-state index is 0.317. The van der Waals surface area contributed by atoms with Gasteiger partial charge in [-0.3, -0.25) is 9.59 Å². The number of ether oxygens (including phenoxy) is 2. The number of carbonyl (C=O) groups excluding carboxylic acids is 1. The minimum Gasteiger partial charge on any atom is -0.497 e. The first kappa shape index (κ1) is 20.2. The van der Waals surface area contributed by atoms with Crippen LogP contribution >= 0.6 is 0 Å². The van der Waals surface area contributed by atoms with Crippen molar-refractivity contribution in [3.63, 3.8) is 0 Å². The Balaban J connectivity index is 2.06. The monoisotopic (exact) mass is 397 g/mol. The molecule has 8 heteroatoms. The Kier molecular flexibility index (Phi) is 5.72. The maximum Gasteiger partial charge on any atom is 0.329 e. The van der Waals surface area contributed by atoms with Crippen molar-refractivity contribution in [1.29, 1.82) is 0 Å². The molecule has 0 aliphatic carbocycles. The molecule has 1 atom stereocenters. The Bertz CT molecular complexity index is 1140. The van der Waals surface area contributed by atoms with Gasteiger partial charge in [-0.15, -0.1) is 0 Å². The third kappa shape index (κ3) is 4.01. The van der Waals surface area contributed by atoms with Crippen molar-refractivity contribution in [2.75, 3.05) is 19.5 Å². The molecule has 152 valence electrons. The Labute approximate surface area is 167 Å². The molecule has 0 spiro atoms. The second kappa shape index (κ2) is 8.22. The summed E-state index contributed by atoms with van der Waals surface area (Å²) in [5.41, 5.74) is -0.284. The molecule has 0 saturated heterocycles. The van der Waals surface area contributed by atoms with Gasteiger partial charge in [0.2, 0.25) is 5.91 Å². The van der Waals surface area contributed by atoms with Crippen molar-refractivity contribution >= 4 is 22.5 Å². The summed E-state index contributed by atoms with van der Waals surface area (Å²) in [6.07, 6.45) is 0. The topological polar surface area (TPSA) is 102 Å². The van der Waals surface area contributed by atoms with E-state index in [1.165, 1.54) is 14.2 Å². The third-order valence-electron chi connectivity index (χ3n) is 4.63. The summed E-state index contributed by atoms with van der Waals surface area (Å²) in [6.45, 7) is 3.55. The van der Waals surface area contributed by atoms with Gasteiger partial charge in [0.1, 0.15) is 17.5 Å². The molecule has 0 radical (unpaired) electrons. The van der Waals surface area contributed by atoms with E-state index in [0.29, 0.717) is 28.1 Å². The van der Waals surface area contributed by atoms with Gasteiger partial charge in [-0.2, -0.15) is 0 Å². The van der Waals surface area contributed by atoms with Crippen LogP contribution in [0.5, 0.6) is 11.5 Å². The Morgan fingerprint density at radius 3 is 2.24 bits per heavy atom. The number of amides is 1. The number of para-hydroxylation sites is 1. The SMILES string of the molecule is COc1cc(NC(=O)C(C(C)C)n2c(=O)[nH]c3ccccc3c2=O)cc(OC)c1. The number of carbonyl (C=O) groups is 1. The van der Waals surface area contributed by atoms with Gasteiger partial charge in [-0.05, 0) is 18.1 Å². The highest BCUT2D eigenvalue weighted by molar-refractivity contribution is 5.94. The lowest BCUT2D eigenvalue weighted by Crippen LogP contribution is -2.44. The smallest absolute Gasteiger partial charge is 0.329 e. The van der Waals surface area contributed by atoms with Crippen LogP contribution in [0.25, 0.3) is 10.9 Å². The van der Waals surface area contributed by atoms with Gasteiger partial charge < -0.3 is 19.8 Å². The van der Waals surface area contributed by atoms with E-state index in [4.69, 9.17) is 9.47 Å². The first-order valence-corrected chi connectivity index (χ1v) is 9.13. The van der Waals surface area contributed by atoms with Crippen LogP contribution in [0.4, 0.5) is 5.69 Å². The maximum atomic E-state index is 13.1. The average molecular weight is 397 g/mol. The van der Waals surface area contributed by atoms with Crippen molar-refractivity contribution in [3.05, 3.63) is 63.3 Å². The molecular formula is C21H23N3O5. The lowest BCUT2D eigenvalue weighted by Gasteiger charge is -2.22. The summed E-state index contributed by atoms with van der Waals surface area (Å²) in [5, 5.41) is 3.10. The maximum absolute atomic E-state index is 13.1. The number of nitrogens with one attached hydrogen (secondary N) is 2. The molecule has 8 nitrogen and oxygen atoms in total. The molecule has 1 unspecified atom stereocenters. The predicted octanol–water partition coefficient (Wildman–Crippen LogP) is 2.54. The van der Waals surface area contributed by atoms with Crippen molar-refractivity contribution in [1.82, 2.24) is 9.55 Å². The zero-order chi connectivity index (χ0) is 21.1. The number of fused-ring (bicyclic) bond motifs is 1. The molecule has 1 aromatic heterocycles. The quantitative estimate of drug-likeness (QED) is 0.665. The van der Waals surface area contributed by atoms with Crippen molar-refractivity contribution in [3.8, 4) is 11.5 Å². The normalized spacial score (nSPS) is 12.0. The number of hydrogen-bond acceptors (Lipinski definition) is 5. The number of benzene rings is 2. The standard InChI is InChI=1S/C21H23N3O5/c1-12(2)18(19(25)22-13-9-14(28-3)11-15(10-13)29-4)24-20(26)16-7-5-6-8-17(16)23-21(24)27/h5-12,18H,1-4H3,(H,22,25)(H,23,27). The molecule has 1 heterocycles. The molecule has 0 bridgehead atoms. The highest BCUT2D eigenvalue weighted by Gasteiger charge is 2.28. The molecular weight excluding hydrogens is 374 g/mol. The summed E-state index contributed by atoms with van der Waals surface area (Å²) < 4.78 is 11.4. The Hall–Kier alpha value is -3.55. The van der Waals surface area contributed by atoms with Crippen LogP contribution in [0.15, 0.2) is 52.1 Å². The summed E-state index contributed by atoms with van der Waals surface area (Å²) in [5.74, 6) is 0.198. The van der Waals surface area contributed by atoms with Gasteiger partial charge in [0, 0.05) is 23.9 Å². The minimum atomic E-state index is -1.01. The number of aromatic amines is 1. The van der Waals surface area contributed by atoms with Gasteiger partial charge in [0.15, 0.2) is 0 Å². The van der Waals surface area contributed by atoms with Crippen LogP contribution in [0, 0.1) is 5.92 Å². The largest absolute Gasteiger partial charge is 0.497 e. The van der Waals surface area contributed by atoms with Crippen LogP contribution < -0.4 is 26.0 Å². The molecule has 3 rings (SSSR count). The van der Waals surface area contributed by atoms with E-state index in [0.717, 1.165) is 4.57 Å². The zero-order valence-electron chi connectivity index (χ0n) is 16.7. The van der Waals surface area contributed by atoms with E-state index in [1.54, 1.807) is 56.3 Å². The number of anilines is 1. The summed E-state index contributed by atoms with van der Waals surface area (Å²) >= 11 is 0. The van der Waals surface area contributed by atoms with Gasteiger partial charge in [-0.25, -0.2) is 9.36 Å². The van der Waals surface area contributed by atoms with Gasteiger partial charge in [-0.1, -0.05) is 26.0 Å². The van der Waals surface area contributed by atoms with Crippen LogP contribution in [0.2, 0.25) is 0 Å². The lowest BCUT2D eigenvalue weighted by molar-refractivity contribution is -0.120. The van der Waals surface area contributed by atoms with Crippen molar-refractivity contribution in [2.45, 2.75) is 19.9 Å². The molecule has 2 aromatic carbocycles. The van der Waals surface area contributed by atoms with Crippen molar-refractivity contribution < 1.29 is 14.3 Å². The van der Waals surface area contributed by atoms with Crippen LogP contribution in [-0.2, 0) is 4.79 Å². The number of nitrogens with zero attached hydrogens (tertiary/aromatic N) is 1. The van der Waals surface area contributed by atoms with E-state index in [2.05, 4.69) is 10.3 Å². The second-order valence-electron chi connectivity index (χ2n) is 6.93. The zero-order valence-corrected chi connectivity index (χ0v) is 16.7. The highest BCUT2D eigenvalue weighted by atomic mass is 16.5. The molecule has 0 aliphatic heterocycles. The fraction of sp³-hybridized carbons (Fsp3) is 0.286. The number of aromatic nitrogens is 2. The van der Waals surface area contributed by atoms with E-state index in [9.17, 15) is 14.4 Å². The summed E-state index contributed by atoms with van der Waals surface area (Å²) in [7, 11) is 3.01. The second-order valence-corrected chi connectivity index (χ2v) is 6.93. The van der Waals surface area contributed by atoms with Gasteiger partial charge in [0.05, 0.1) is 25.1 Å². The fourth-order valence-electron chi connectivity index (χ4n) is 3.24. The van der Waals surface area contributed by atoms with Crippen LogP contribution in [0.1, 0.15) is 19.9 Å². The summed E-state index contributed by atoms with van der Waals surface area (Å²) in [4.78, 5) is 41.4. The van der Waals surface area contributed by atoms with E-state index >= 15 is 0 Å². The van der Waals surface area contributed by atoms with Crippen molar-refractivity contribution in [2.24, 2.45) is 5.92 Å². The van der Waals surface area contributed by atoms with Crippen LogP contribution in [-0.4, -0.2) is 29.7 Å².